The van der Waals surface area contributed by atoms with Crippen LogP contribution in [0.4, 0.5) is 0 Å². The SMILES string of the molecule is CC1(C)CC[C@H](CC(N)CO)O1. The van der Waals surface area contributed by atoms with E-state index in [0.717, 1.165) is 19.3 Å². The van der Waals surface area contributed by atoms with Crippen molar-refractivity contribution in [3.63, 3.8) is 0 Å². The third-order valence-corrected chi connectivity index (χ3v) is 2.35. The van der Waals surface area contributed by atoms with Gasteiger partial charge in [0.15, 0.2) is 0 Å². The van der Waals surface area contributed by atoms with Crippen molar-refractivity contribution in [1.29, 1.82) is 0 Å². The highest BCUT2D eigenvalue weighted by Gasteiger charge is 2.32. The van der Waals surface area contributed by atoms with Crippen LogP contribution in [0.25, 0.3) is 0 Å². The average Bonchev–Trinajstić information content (AvgIpc) is 2.30. The molecule has 0 aliphatic carbocycles. The van der Waals surface area contributed by atoms with Crippen molar-refractivity contribution in [3.05, 3.63) is 0 Å². The second-order valence-corrected chi connectivity index (χ2v) is 4.22. The van der Waals surface area contributed by atoms with Gasteiger partial charge >= 0.3 is 0 Å². The molecule has 1 unspecified atom stereocenters. The van der Waals surface area contributed by atoms with Gasteiger partial charge in [-0.2, -0.15) is 0 Å². The van der Waals surface area contributed by atoms with Crippen molar-refractivity contribution in [2.45, 2.75) is 50.9 Å². The van der Waals surface area contributed by atoms with Crippen molar-refractivity contribution in [1.82, 2.24) is 0 Å². The first-order valence-electron chi connectivity index (χ1n) is 4.58. The fourth-order valence-corrected chi connectivity index (χ4v) is 1.66. The first-order chi connectivity index (χ1) is 5.53. The van der Waals surface area contributed by atoms with Gasteiger partial charge < -0.3 is 15.6 Å². The Bertz CT molecular complexity index is 147. The largest absolute Gasteiger partial charge is 0.395 e. The van der Waals surface area contributed by atoms with Gasteiger partial charge in [0.2, 0.25) is 0 Å². The summed E-state index contributed by atoms with van der Waals surface area (Å²) in [6.07, 6.45) is 3.19. The standard InChI is InChI=1S/C9H19NO2/c1-9(2)4-3-8(12-9)5-7(10)6-11/h7-8,11H,3-6,10H2,1-2H3/t7?,8-/m1/s1. The topological polar surface area (TPSA) is 55.5 Å². The maximum Gasteiger partial charge on any atom is 0.0631 e. The summed E-state index contributed by atoms with van der Waals surface area (Å²) in [6.45, 7) is 4.25. The van der Waals surface area contributed by atoms with Gasteiger partial charge in [0.25, 0.3) is 0 Å². The maximum absolute atomic E-state index is 8.74. The van der Waals surface area contributed by atoms with Crippen LogP contribution >= 0.6 is 0 Å². The fraction of sp³-hybridized carbons (Fsp3) is 1.00. The third kappa shape index (κ3) is 2.73. The van der Waals surface area contributed by atoms with Gasteiger partial charge in [0.1, 0.15) is 0 Å². The molecule has 0 aromatic rings. The van der Waals surface area contributed by atoms with Crippen molar-refractivity contribution < 1.29 is 9.84 Å². The van der Waals surface area contributed by atoms with Crippen LogP contribution in [0.5, 0.6) is 0 Å². The van der Waals surface area contributed by atoms with Gasteiger partial charge in [-0.05, 0) is 33.1 Å². The second-order valence-electron chi connectivity index (χ2n) is 4.22. The molecule has 72 valence electrons. The molecule has 1 aliphatic rings. The molecule has 3 N–H and O–H groups in total. The molecule has 1 saturated heterocycles. The molecule has 1 fully saturated rings. The predicted molar refractivity (Wildman–Crippen MR) is 47.9 cm³/mol. The Hall–Kier alpha value is -0.120. The van der Waals surface area contributed by atoms with E-state index in [-0.39, 0.29) is 24.4 Å². The molecule has 0 aromatic heterocycles. The summed E-state index contributed by atoms with van der Waals surface area (Å²) in [7, 11) is 0. The van der Waals surface area contributed by atoms with E-state index in [4.69, 9.17) is 15.6 Å². The van der Waals surface area contributed by atoms with Crippen LogP contribution in [0, 0.1) is 0 Å². The molecule has 1 rings (SSSR count). The Kier molecular flexibility index (Phi) is 3.09. The highest BCUT2D eigenvalue weighted by molar-refractivity contribution is 4.82. The number of aliphatic hydroxyl groups excluding tert-OH is 1. The third-order valence-electron chi connectivity index (χ3n) is 2.35. The van der Waals surface area contributed by atoms with Crippen LogP contribution in [-0.4, -0.2) is 29.5 Å². The zero-order chi connectivity index (χ0) is 9.19. The lowest BCUT2D eigenvalue weighted by molar-refractivity contribution is -0.0225. The molecule has 3 heteroatoms. The highest BCUT2D eigenvalue weighted by Crippen LogP contribution is 2.31. The lowest BCUT2D eigenvalue weighted by Gasteiger charge is -2.20. The van der Waals surface area contributed by atoms with Gasteiger partial charge in [-0.25, -0.2) is 0 Å². The zero-order valence-electron chi connectivity index (χ0n) is 7.92. The Balaban J connectivity index is 2.28. The van der Waals surface area contributed by atoms with E-state index in [1.165, 1.54) is 0 Å². The zero-order valence-corrected chi connectivity index (χ0v) is 7.92. The average molecular weight is 173 g/mol. The Labute approximate surface area is 73.9 Å². The molecule has 12 heavy (non-hydrogen) atoms. The summed E-state index contributed by atoms with van der Waals surface area (Å²) in [6, 6.07) is -0.121. The Morgan fingerprint density at radius 2 is 2.33 bits per heavy atom. The van der Waals surface area contributed by atoms with Gasteiger partial charge in [-0.1, -0.05) is 0 Å². The number of hydrogen-bond donors (Lipinski definition) is 2. The number of aliphatic hydroxyl groups is 1. The van der Waals surface area contributed by atoms with Crippen LogP contribution < -0.4 is 5.73 Å². The van der Waals surface area contributed by atoms with Crippen LogP contribution in [0.15, 0.2) is 0 Å². The van der Waals surface area contributed by atoms with Crippen LogP contribution in [0.1, 0.15) is 33.1 Å². The van der Waals surface area contributed by atoms with Crippen LogP contribution in [-0.2, 0) is 4.74 Å². The summed E-state index contributed by atoms with van der Waals surface area (Å²) in [5.41, 5.74) is 5.63. The first kappa shape index (κ1) is 9.96. The monoisotopic (exact) mass is 173 g/mol. The Morgan fingerprint density at radius 3 is 2.75 bits per heavy atom. The van der Waals surface area contributed by atoms with Crippen molar-refractivity contribution in [3.8, 4) is 0 Å². The first-order valence-corrected chi connectivity index (χ1v) is 4.58. The van der Waals surface area contributed by atoms with Crippen molar-refractivity contribution in [2.24, 2.45) is 5.73 Å². The van der Waals surface area contributed by atoms with E-state index in [9.17, 15) is 0 Å². The molecule has 0 amide bonds. The quantitative estimate of drug-likeness (QED) is 0.659. The summed E-state index contributed by atoms with van der Waals surface area (Å²) in [5, 5.41) is 8.74. The minimum absolute atomic E-state index is 0.0137. The van der Waals surface area contributed by atoms with Crippen molar-refractivity contribution >= 4 is 0 Å². The van der Waals surface area contributed by atoms with E-state index in [2.05, 4.69) is 13.8 Å². The van der Waals surface area contributed by atoms with Gasteiger partial charge in [0, 0.05) is 6.04 Å². The van der Waals surface area contributed by atoms with Gasteiger partial charge in [0.05, 0.1) is 18.3 Å². The minimum Gasteiger partial charge on any atom is -0.395 e. The van der Waals surface area contributed by atoms with Gasteiger partial charge in [-0.3, -0.25) is 0 Å². The molecule has 0 saturated carbocycles. The molecule has 2 atom stereocenters. The molecule has 0 aromatic carbocycles. The molecule has 0 radical (unpaired) electrons. The molecule has 3 nitrogen and oxygen atoms in total. The molecular weight excluding hydrogens is 154 g/mol. The lowest BCUT2D eigenvalue weighted by atomic mass is 10.0. The molecule has 0 bridgehead atoms. The van der Waals surface area contributed by atoms with E-state index in [0.29, 0.717) is 0 Å². The summed E-state index contributed by atoms with van der Waals surface area (Å²) >= 11 is 0. The molecular formula is C9H19NO2. The highest BCUT2D eigenvalue weighted by atomic mass is 16.5. The summed E-state index contributed by atoms with van der Waals surface area (Å²) in [4.78, 5) is 0. The van der Waals surface area contributed by atoms with Gasteiger partial charge in [-0.15, -0.1) is 0 Å². The number of hydrogen-bond acceptors (Lipinski definition) is 3. The normalized spacial score (nSPS) is 30.5. The Morgan fingerprint density at radius 1 is 1.67 bits per heavy atom. The minimum atomic E-state index is -0.121. The molecule has 1 aliphatic heterocycles. The number of rotatable bonds is 3. The van der Waals surface area contributed by atoms with E-state index >= 15 is 0 Å². The summed E-state index contributed by atoms with van der Waals surface area (Å²) in [5.74, 6) is 0. The van der Waals surface area contributed by atoms with E-state index < -0.39 is 0 Å². The van der Waals surface area contributed by atoms with E-state index in [1.807, 2.05) is 0 Å². The fourth-order valence-electron chi connectivity index (χ4n) is 1.66. The lowest BCUT2D eigenvalue weighted by Crippen LogP contribution is -2.30. The molecule has 1 heterocycles. The summed E-state index contributed by atoms with van der Waals surface area (Å²) < 4.78 is 5.73. The molecule has 0 spiro atoms. The van der Waals surface area contributed by atoms with Crippen molar-refractivity contribution in [2.75, 3.05) is 6.61 Å². The smallest absolute Gasteiger partial charge is 0.0631 e. The number of ether oxygens (including phenoxy) is 1. The van der Waals surface area contributed by atoms with E-state index in [1.54, 1.807) is 0 Å². The van der Waals surface area contributed by atoms with Crippen LogP contribution in [0.2, 0.25) is 0 Å². The number of nitrogens with two attached hydrogens (primary N) is 1. The maximum atomic E-state index is 8.74. The second kappa shape index (κ2) is 3.73. The van der Waals surface area contributed by atoms with Crippen LogP contribution in [0.3, 0.4) is 0 Å². The predicted octanol–water partition coefficient (Wildman–Crippen LogP) is 0.654.